The van der Waals surface area contributed by atoms with Gasteiger partial charge in [-0.2, -0.15) is 0 Å². The molecule has 2 aliphatic rings. The molecule has 4 rings (SSSR count). The van der Waals surface area contributed by atoms with Gasteiger partial charge < -0.3 is 15.4 Å². The van der Waals surface area contributed by atoms with E-state index < -0.39 is 12.4 Å². The van der Waals surface area contributed by atoms with Gasteiger partial charge in [0, 0.05) is 17.3 Å². The van der Waals surface area contributed by atoms with Crippen LogP contribution < -0.4 is 15.4 Å². The van der Waals surface area contributed by atoms with Crippen LogP contribution in [-0.2, 0) is 0 Å². The lowest BCUT2D eigenvalue weighted by Gasteiger charge is -2.26. The summed E-state index contributed by atoms with van der Waals surface area (Å²) < 4.78 is 40.7. The van der Waals surface area contributed by atoms with Crippen molar-refractivity contribution in [2.45, 2.75) is 50.8 Å². The first-order valence-electron chi connectivity index (χ1n) is 11.3. The summed E-state index contributed by atoms with van der Waals surface area (Å²) in [6, 6.07) is 12.2. The highest BCUT2D eigenvalue weighted by Crippen LogP contribution is 2.37. The summed E-state index contributed by atoms with van der Waals surface area (Å²) in [7, 11) is 0. The molecule has 174 valence electrons. The van der Waals surface area contributed by atoms with Crippen molar-refractivity contribution in [1.29, 1.82) is 0 Å². The van der Waals surface area contributed by atoms with E-state index in [1.54, 1.807) is 0 Å². The molecule has 4 nitrogen and oxygen atoms in total. The number of urea groups is 1. The fourth-order valence-electron chi connectivity index (χ4n) is 4.57. The SMILES string of the molecule is O=C(Nc1ccc(OC(F)(F)F)cc1)Nc1ccccc1C1C=CC(C2CCCCC2)=CC1. The second kappa shape index (κ2) is 10.1. The normalized spacial score (nSPS) is 19.0. The van der Waals surface area contributed by atoms with Crippen LogP contribution in [0, 0.1) is 5.92 Å². The van der Waals surface area contributed by atoms with Gasteiger partial charge in [-0.1, -0.05) is 55.7 Å². The van der Waals surface area contributed by atoms with Crippen LogP contribution in [0.5, 0.6) is 5.75 Å². The first kappa shape index (κ1) is 23.0. The fourth-order valence-corrected chi connectivity index (χ4v) is 4.57. The summed E-state index contributed by atoms with van der Waals surface area (Å²) in [6.07, 6.45) is 9.42. The van der Waals surface area contributed by atoms with Crippen molar-refractivity contribution in [3.63, 3.8) is 0 Å². The van der Waals surface area contributed by atoms with Gasteiger partial charge in [-0.25, -0.2) is 4.79 Å². The number of halogens is 3. The molecule has 1 saturated carbocycles. The summed E-state index contributed by atoms with van der Waals surface area (Å²) >= 11 is 0. The van der Waals surface area contributed by atoms with Gasteiger partial charge in [-0.15, -0.1) is 13.2 Å². The lowest BCUT2D eigenvalue weighted by molar-refractivity contribution is -0.274. The number of ether oxygens (including phenoxy) is 1. The Morgan fingerprint density at radius 1 is 0.939 bits per heavy atom. The molecule has 1 fully saturated rings. The Kier molecular flexibility index (Phi) is 7.06. The molecule has 2 N–H and O–H groups in total. The summed E-state index contributed by atoms with van der Waals surface area (Å²) in [4.78, 5) is 12.5. The molecule has 1 unspecified atom stereocenters. The van der Waals surface area contributed by atoms with Gasteiger partial charge in [0.25, 0.3) is 0 Å². The highest BCUT2D eigenvalue weighted by molar-refractivity contribution is 6.00. The molecule has 0 aromatic heterocycles. The predicted molar refractivity (Wildman–Crippen MR) is 123 cm³/mol. The summed E-state index contributed by atoms with van der Waals surface area (Å²) in [5.41, 5.74) is 3.53. The van der Waals surface area contributed by atoms with Crippen molar-refractivity contribution in [2.24, 2.45) is 5.92 Å². The highest BCUT2D eigenvalue weighted by atomic mass is 19.4. The number of carbonyl (C=O) groups is 1. The Morgan fingerprint density at radius 3 is 2.33 bits per heavy atom. The second-order valence-corrected chi connectivity index (χ2v) is 8.48. The topological polar surface area (TPSA) is 50.4 Å². The van der Waals surface area contributed by atoms with Gasteiger partial charge in [0.15, 0.2) is 0 Å². The van der Waals surface area contributed by atoms with Crippen LogP contribution in [-0.4, -0.2) is 12.4 Å². The van der Waals surface area contributed by atoms with Crippen molar-refractivity contribution in [3.8, 4) is 5.75 Å². The van der Waals surface area contributed by atoms with Crippen molar-refractivity contribution in [1.82, 2.24) is 0 Å². The van der Waals surface area contributed by atoms with Crippen molar-refractivity contribution in [3.05, 3.63) is 77.9 Å². The number of carbonyl (C=O) groups excluding carboxylic acids is 1. The number of alkyl halides is 3. The number of benzene rings is 2. The molecule has 0 aliphatic heterocycles. The second-order valence-electron chi connectivity index (χ2n) is 8.48. The number of allylic oxidation sites excluding steroid dienone is 4. The van der Waals surface area contributed by atoms with E-state index in [1.165, 1.54) is 49.8 Å². The van der Waals surface area contributed by atoms with E-state index in [0.29, 0.717) is 17.3 Å². The standard InChI is InChI=1S/C26H27F3N2O2/c27-26(28,29)33-22-16-14-21(15-17-22)30-25(32)31-24-9-5-4-8-23(24)20-12-10-19(11-13-20)18-6-2-1-3-7-18/h4-5,8-12,14-18,20H,1-3,6-7,13H2,(H2,30,31,32). The predicted octanol–water partition coefficient (Wildman–Crippen LogP) is 7.78. The van der Waals surface area contributed by atoms with Gasteiger partial charge in [0.1, 0.15) is 5.75 Å². The maximum Gasteiger partial charge on any atom is 0.573 e. The highest BCUT2D eigenvalue weighted by Gasteiger charge is 2.31. The minimum atomic E-state index is -4.75. The average molecular weight is 457 g/mol. The molecule has 2 aromatic rings. The summed E-state index contributed by atoms with van der Waals surface area (Å²) in [6.45, 7) is 0. The smallest absolute Gasteiger partial charge is 0.406 e. The zero-order chi connectivity index (χ0) is 23.3. The van der Waals surface area contributed by atoms with Crippen LogP contribution >= 0.6 is 0 Å². The third kappa shape index (κ3) is 6.40. The molecular formula is C26H27F3N2O2. The summed E-state index contributed by atoms with van der Waals surface area (Å²) in [5, 5.41) is 5.51. The molecule has 0 bridgehead atoms. The molecule has 7 heteroatoms. The van der Waals surface area contributed by atoms with E-state index in [1.807, 2.05) is 24.3 Å². The van der Waals surface area contributed by atoms with Gasteiger partial charge in [-0.3, -0.25) is 0 Å². The molecule has 0 saturated heterocycles. The zero-order valence-corrected chi connectivity index (χ0v) is 18.2. The maximum absolute atomic E-state index is 12.5. The number of rotatable bonds is 5. The van der Waals surface area contributed by atoms with Gasteiger partial charge >= 0.3 is 12.4 Å². The molecule has 2 amide bonds. The minimum Gasteiger partial charge on any atom is -0.406 e. The number of hydrogen-bond donors (Lipinski definition) is 2. The molecule has 2 aromatic carbocycles. The van der Waals surface area contributed by atoms with Crippen LogP contribution in [0.25, 0.3) is 0 Å². The molecule has 33 heavy (non-hydrogen) atoms. The van der Waals surface area contributed by atoms with Gasteiger partial charge in [0.2, 0.25) is 0 Å². The summed E-state index contributed by atoms with van der Waals surface area (Å²) in [5.74, 6) is 0.499. The quantitative estimate of drug-likeness (QED) is 0.483. The Morgan fingerprint density at radius 2 is 1.67 bits per heavy atom. The third-order valence-electron chi connectivity index (χ3n) is 6.16. The number of nitrogens with one attached hydrogen (secondary N) is 2. The van der Waals surface area contributed by atoms with E-state index >= 15 is 0 Å². The third-order valence-corrected chi connectivity index (χ3v) is 6.16. The lowest BCUT2D eigenvalue weighted by atomic mass is 9.79. The van der Waals surface area contributed by atoms with E-state index in [2.05, 4.69) is 33.6 Å². The van der Waals surface area contributed by atoms with Crippen LogP contribution in [0.15, 0.2) is 72.3 Å². The number of anilines is 2. The molecule has 1 atom stereocenters. The van der Waals surface area contributed by atoms with Gasteiger partial charge in [0.05, 0.1) is 0 Å². The van der Waals surface area contributed by atoms with Crippen LogP contribution in [0.3, 0.4) is 0 Å². The van der Waals surface area contributed by atoms with E-state index in [4.69, 9.17) is 0 Å². The minimum absolute atomic E-state index is 0.174. The lowest BCUT2D eigenvalue weighted by Crippen LogP contribution is -2.21. The molecule has 0 radical (unpaired) electrons. The number of amides is 2. The van der Waals surface area contributed by atoms with Crippen LogP contribution in [0.2, 0.25) is 0 Å². The largest absolute Gasteiger partial charge is 0.573 e. The molecule has 2 aliphatic carbocycles. The van der Waals surface area contributed by atoms with E-state index in [0.717, 1.165) is 24.1 Å². The molecule has 0 spiro atoms. The Labute approximate surface area is 191 Å². The van der Waals surface area contributed by atoms with E-state index in [9.17, 15) is 18.0 Å². The molecule has 0 heterocycles. The Balaban J connectivity index is 1.37. The van der Waals surface area contributed by atoms with Crippen molar-refractivity contribution < 1.29 is 22.7 Å². The van der Waals surface area contributed by atoms with Crippen molar-refractivity contribution >= 4 is 17.4 Å². The Bertz CT molecular complexity index is 1020. The van der Waals surface area contributed by atoms with Crippen LogP contribution in [0.4, 0.5) is 29.3 Å². The zero-order valence-electron chi connectivity index (χ0n) is 18.2. The van der Waals surface area contributed by atoms with Gasteiger partial charge in [-0.05, 0) is 66.6 Å². The number of para-hydroxylation sites is 1. The van der Waals surface area contributed by atoms with Crippen molar-refractivity contribution in [2.75, 3.05) is 10.6 Å². The maximum atomic E-state index is 12.5. The number of hydrogen-bond acceptors (Lipinski definition) is 2. The average Bonchev–Trinajstić information content (AvgIpc) is 2.80. The Hall–Kier alpha value is -3.22. The first-order chi connectivity index (χ1) is 15.9. The first-order valence-corrected chi connectivity index (χ1v) is 11.3. The fraction of sp³-hybridized carbons (Fsp3) is 0.346. The molecular weight excluding hydrogens is 429 g/mol. The van der Waals surface area contributed by atoms with E-state index in [-0.39, 0.29) is 11.7 Å². The monoisotopic (exact) mass is 456 g/mol. The van der Waals surface area contributed by atoms with Crippen LogP contribution in [0.1, 0.15) is 50.0 Å².